The number of aromatic amines is 1. The van der Waals surface area contributed by atoms with E-state index >= 15 is 0 Å². The van der Waals surface area contributed by atoms with E-state index in [4.69, 9.17) is 21.1 Å². The Hall–Kier alpha value is -2.97. The molecule has 1 N–H and O–H groups in total. The van der Waals surface area contributed by atoms with E-state index in [1.165, 1.54) is 0 Å². The van der Waals surface area contributed by atoms with Crippen LogP contribution < -0.4 is 9.47 Å². The molecule has 0 fully saturated rings. The van der Waals surface area contributed by atoms with Gasteiger partial charge < -0.3 is 14.5 Å². The van der Waals surface area contributed by atoms with Gasteiger partial charge >= 0.3 is 0 Å². The largest absolute Gasteiger partial charge is 0.493 e. The molecule has 0 atom stereocenters. The van der Waals surface area contributed by atoms with Crippen LogP contribution in [0, 0.1) is 18.3 Å². The third kappa shape index (κ3) is 3.51. The first-order valence-electron chi connectivity index (χ1n) is 8.14. The normalized spacial score (nSPS) is 11.4. The Morgan fingerprint density at radius 1 is 1.31 bits per heavy atom. The van der Waals surface area contributed by atoms with Gasteiger partial charge in [0.2, 0.25) is 0 Å². The number of allylic oxidation sites excluding steroid dienone is 1. The number of hydrogen-bond acceptors (Lipinski definition) is 4. The van der Waals surface area contributed by atoms with Crippen LogP contribution in [0.15, 0.2) is 30.3 Å². The van der Waals surface area contributed by atoms with Crippen LogP contribution in [0.25, 0.3) is 22.7 Å². The van der Waals surface area contributed by atoms with E-state index in [1.54, 1.807) is 25.3 Å². The second kappa shape index (κ2) is 7.51. The fourth-order valence-electron chi connectivity index (χ4n) is 2.65. The summed E-state index contributed by atoms with van der Waals surface area (Å²) >= 11 is 6.36. The lowest BCUT2D eigenvalue weighted by Gasteiger charge is -2.11. The van der Waals surface area contributed by atoms with Crippen molar-refractivity contribution in [3.63, 3.8) is 0 Å². The average Bonchev–Trinajstić information content (AvgIpc) is 3.04. The zero-order valence-corrected chi connectivity index (χ0v) is 15.5. The fourth-order valence-corrected chi connectivity index (χ4v) is 2.86. The molecule has 0 bridgehead atoms. The molecule has 0 aliphatic heterocycles. The van der Waals surface area contributed by atoms with Gasteiger partial charge in [-0.15, -0.1) is 0 Å². The molecule has 6 heteroatoms. The number of nitrogens with zero attached hydrogens (tertiary/aromatic N) is 2. The van der Waals surface area contributed by atoms with Crippen molar-refractivity contribution in [3.05, 3.63) is 52.3 Å². The second-order valence-corrected chi connectivity index (χ2v) is 6.14. The maximum absolute atomic E-state index is 9.60. The minimum atomic E-state index is 0.381. The standard InChI is InChI=1S/C20H18ClN3O2/c1-4-26-19-10-15(21)13(9-18(19)25-3)8-14(11-22)20-23-16-6-5-12(2)7-17(16)24-20/h5-10H,4H2,1-3H3,(H,23,24). The second-order valence-electron chi connectivity index (χ2n) is 5.73. The van der Waals surface area contributed by atoms with E-state index in [2.05, 4.69) is 16.0 Å². The Morgan fingerprint density at radius 3 is 2.81 bits per heavy atom. The molecule has 0 spiro atoms. The van der Waals surface area contributed by atoms with Crippen molar-refractivity contribution in [2.45, 2.75) is 13.8 Å². The third-order valence-electron chi connectivity index (χ3n) is 3.90. The van der Waals surface area contributed by atoms with Crippen molar-refractivity contribution in [3.8, 4) is 17.6 Å². The van der Waals surface area contributed by atoms with Crippen molar-refractivity contribution in [1.29, 1.82) is 5.26 Å². The van der Waals surface area contributed by atoms with Gasteiger partial charge in [0.25, 0.3) is 0 Å². The van der Waals surface area contributed by atoms with E-state index in [9.17, 15) is 5.26 Å². The van der Waals surface area contributed by atoms with E-state index in [0.29, 0.717) is 40.1 Å². The first kappa shape index (κ1) is 17.8. The van der Waals surface area contributed by atoms with Crippen LogP contribution >= 0.6 is 11.6 Å². The van der Waals surface area contributed by atoms with Crippen molar-refractivity contribution >= 4 is 34.3 Å². The number of H-pyrrole nitrogens is 1. The topological polar surface area (TPSA) is 70.9 Å². The molecule has 2 aromatic carbocycles. The summed E-state index contributed by atoms with van der Waals surface area (Å²) in [5.41, 5.74) is 3.85. The molecule has 132 valence electrons. The Balaban J connectivity index is 2.07. The zero-order valence-electron chi connectivity index (χ0n) is 14.8. The summed E-state index contributed by atoms with van der Waals surface area (Å²) in [6.07, 6.45) is 1.69. The van der Waals surface area contributed by atoms with Crippen LogP contribution in [0.2, 0.25) is 5.02 Å². The van der Waals surface area contributed by atoms with Gasteiger partial charge in [-0.2, -0.15) is 5.26 Å². The maximum Gasteiger partial charge on any atom is 0.162 e. The minimum Gasteiger partial charge on any atom is -0.493 e. The molecule has 3 aromatic rings. The number of halogens is 1. The van der Waals surface area contributed by atoms with Crippen molar-refractivity contribution in [1.82, 2.24) is 9.97 Å². The smallest absolute Gasteiger partial charge is 0.162 e. The first-order valence-corrected chi connectivity index (χ1v) is 8.52. The highest BCUT2D eigenvalue weighted by Gasteiger charge is 2.13. The minimum absolute atomic E-state index is 0.381. The molecule has 1 aromatic heterocycles. The van der Waals surface area contributed by atoms with Crippen molar-refractivity contribution in [2.75, 3.05) is 13.7 Å². The summed E-state index contributed by atoms with van der Waals surface area (Å²) in [5.74, 6) is 1.62. The summed E-state index contributed by atoms with van der Waals surface area (Å²) in [4.78, 5) is 7.68. The number of ether oxygens (including phenoxy) is 2. The van der Waals surface area contributed by atoms with Crippen molar-refractivity contribution in [2.24, 2.45) is 0 Å². The highest BCUT2D eigenvalue weighted by atomic mass is 35.5. The number of nitriles is 1. The van der Waals surface area contributed by atoms with Crippen LogP contribution in [0.1, 0.15) is 23.9 Å². The highest BCUT2D eigenvalue weighted by Crippen LogP contribution is 2.35. The molecule has 0 saturated heterocycles. The number of imidazole rings is 1. The zero-order chi connectivity index (χ0) is 18.7. The molecular weight excluding hydrogens is 350 g/mol. The predicted octanol–water partition coefficient (Wildman–Crippen LogP) is 5.00. The van der Waals surface area contributed by atoms with Gasteiger partial charge in [0.05, 0.1) is 35.3 Å². The number of aromatic nitrogens is 2. The molecule has 0 aliphatic rings. The Morgan fingerprint density at radius 2 is 2.12 bits per heavy atom. The Labute approximate surface area is 156 Å². The molecular formula is C20H18ClN3O2. The van der Waals surface area contributed by atoms with Gasteiger partial charge in [-0.1, -0.05) is 17.7 Å². The summed E-state index contributed by atoms with van der Waals surface area (Å²) in [6, 6.07) is 11.5. The third-order valence-corrected chi connectivity index (χ3v) is 4.22. The van der Waals surface area contributed by atoms with E-state index < -0.39 is 0 Å². The number of hydrogen-bond donors (Lipinski definition) is 1. The lowest BCUT2D eigenvalue weighted by atomic mass is 10.1. The molecule has 3 rings (SSSR count). The van der Waals surface area contributed by atoms with Crippen LogP contribution in [0.3, 0.4) is 0 Å². The van der Waals surface area contributed by atoms with Gasteiger partial charge in [-0.25, -0.2) is 4.98 Å². The molecule has 0 radical (unpaired) electrons. The number of nitrogens with one attached hydrogen (secondary N) is 1. The average molecular weight is 368 g/mol. The molecule has 26 heavy (non-hydrogen) atoms. The highest BCUT2D eigenvalue weighted by molar-refractivity contribution is 6.32. The van der Waals surface area contributed by atoms with E-state index in [-0.39, 0.29) is 0 Å². The number of rotatable bonds is 5. The van der Waals surface area contributed by atoms with Gasteiger partial charge in [0, 0.05) is 6.07 Å². The molecule has 0 amide bonds. The first-order chi connectivity index (χ1) is 12.5. The summed E-state index contributed by atoms with van der Waals surface area (Å²) in [5, 5.41) is 10.1. The van der Waals surface area contributed by atoms with Crippen LogP contribution in [0.5, 0.6) is 11.5 Å². The number of fused-ring (bicyclic) bond motifs is 1. The van der Waals surface area contributed by atoms with Crippen LogP contribution in [0.4, 0.5) is 0 Å². The Kier molecular flexibility index (Phi) is 5.15. The number of aryl methyl sites for hydroxylation is 1. The molecule has 0 aliphatic carbocycles. The van der Waals surface area contributed by atoms with Gasteiger partial charge in [0.15, 0.2) is 11.5 Å². The van der Waals surface area contributed by atoms with Crippen LogP contribution in [-0.4, -0.2) is 23.7 Å². The maximum atomic E-state index is 9.60. The molecule has 0 saturated carbocycles. The Bertz CT molecular complexity index is 1030. The van der Waals surface area contributed by atoms with E-state index in [0.717, 1.165) is 16.6 Å². The quantitative estimate of drug-likeness (QED) is 0.644. The fraction of sp³-hybridized carbons (Fsp3) is 0.200. The van der Waals surface area contributed by atoms with Crippen LogP contribution in [-0.2, 0) is 0 Å². The molecule has 5 nitrogen and oxygen atoms in total. The van der Waals surface area contributed by atoms with Gasteiger partial charge in [0.1, 0.15) is 11.9 Å². The monoisotopic (exact) mass is 367 g/mol. The number of benzene rings is 2. The lowest BCUT2D eigenvalue weighted by molar-refractivity contribution is 0.311. The summed E-state index contributed by atoms with van der Waals surface area (Å²) in [6.45, 7) is 4.40. The molecule has 0 unspecified atom stereocenters. The van der Waals surface area contributed by atoms with Gasteiger partial charge in [-0.05, 0) is 49.2 Å². The summed E-state index contributed by atoms with van der Waals surface area (Å²) < 4.78 is 10.9. The molecule has 1 heterocycles. The lowest BCUT2D eigenvalue weighted by Crippen LogP contribution is -1.96. The summed E-state index contributed by atoms with van der Waals surface area (Å²) in [7, 11) is 1.56. The van der Waals surface area contributed by atoms with Crippen molar-refractivity contribution < 1.29 is 9.47 Å². The predicted molar refractivity (Wildman–Crippen MR) is 103 cm³/mol. The SMILES string of the molecule is CCOc1cc(Cl)c(C=C(C#N)c2nc3ccc(C)cc3[nH]2)cc1OC. The van der Waals surface area contributed by atoms with Gasteiger partial charge in [-0.3, -0.25) is 0 Å². The number of methoxy groups -OCH3 is 1. The van der Waals surface area contributed by atoms with E-state index in [1.807, 2.05) is 32.0 Å².